The molecule has 0 saturated carbocycles. The summed E-state index contributed by atoms with van der Waals surface area (Å²) in [5, 5.41) is 9.56. The summed E-state index contributed by atoms with van der Waals surface area (Å²) in [6.07, 6.45) is 3.17. The van der Waals surface area contributed by atoms with Gasteiger partial charge in [0.05, 0.1) is 15.6 Å². The van der Waals surface area contributed by atoms with Crippen LogP contribution in [0.15, 0.2) is 54.2 Å². The summed E-state index contributed by atoms with van der Waals surface area (Å²) in [6, 6.07) is 10.8. The highest BCUT2D eigenvalue weighted by molar-refractivity contribution is 7.13. The number of aromatic nitrogens is 4. The van der Waals surface area contributed by atoms with Gasteiger partial charge in [-0.3, -0.25) is 4.79 Å². The maximum absolute atomic E-state index is 12.4. The minimum absolute atomic E-state index is 0.267. The van der Waals surface area contributed by atoms with Gasteiger partial charge in [-0.2, -0.15) is 5.10 Å². The van der Waals surface area contributed by atoms with Crippen LogP contribution < -0.4 is 5.32 Å². The number of nitrogens with zero attached hydrogens (tertiary/aromatic N) is 4. The lowest BCUT2D eigenvalue weighted by molar-refractivity contribution is 0.102. The number of hydrogen-bond acceptors (Lipinski definition) is 5. The lowest BCUT2D eigenvalue weighted by Crippen LogP contribution is -2.13. The largest absolute Gasteiger partial charge is 0.305 e. The first kappa shape index (κ1) is 14.8. The predicted octanol–water partition coefficient (Wildman–Crippen LogP) is 3.76. The average molecular weight is 356 g/mol. The van der Waals surface area contributed by atoms with Crippen molar-refractivity contribution in [3.63, 3.8) is 0 Å². The number of anilines is 1. The molecule has 0 fully saturated rings. The molecule has 4 aromatic heterocycles. The predicted molar refractivity (Wildman–Crippen MR) is 93.5 cm³/mol. The first-order valence-corrected chi connectivity index (χ1v) is 8.28. The van der Waals surface area contributed by atoms with Gasteiger partial charge in [0.2, 0.25) is 0 Å². The molecule has 0 aliphatic carbocycles. The van der Waals surface area contributed by atoms with Crippen LogP contribution in [0.2, 0.25) is 5.02 Å². The van der Waals surface area contributed by atoms with Crippen molar-refractivity contribution in [3.8, 4) is 10.6 Å². The van der Waals surface area contributed by atoms with Gasteiger partial charge < -0.3 is 5.32 Å². The van der Waals surface area contributed by atoms with Crippen molar-refractivity contribution >= 4 is 40.3 Å². The third-order valence-corrected chi connectivity index (χ3v) is 4.45. The molecular weight excluding hydrogens is 346 g/mol. The summed E-state index contributed by atoms with van der Waals surface area (Å²) in [4.78, 5) is 21.7. The van der Waals surface area contributed by atoms with E-state index in [-0.39, 0.29) is 11.6 Å². The van der Waals surface area contributed by atoms with E-state index in [2.05, 4.69) is 20.4 Å². The van der Waals surface area contributed by atoms with Crippen LogP contribution in [0.3, 0.4) is 0 Å². The number of rotatable bonds is 3. The van der Waals surface area contributed by atoms with Crippen molar-refractivity contribution < 1.29 is 4.79 Å². The average Bonchev–Trinajstić information content (AvgIpc) is 3.25. The molecule has 118 valence electrons. The maximum atomic E-state index is 12.4. The maximum Gasteiger partial charge on any atom is 0.277 e. The third kappa shape index (κ3) is 2.75. The Hall–Kier alpha value is -2.77. The second-order valence-corrected chi connectivity index (χ2v) is 6.31. The van der Waals surface area contributed by atoms with Crippen molar-refractivity contribution in [2.24, 2.45) is 0 Å². The fourth-order valence-corrected chi connectivity index (χ4v) is 3.10. The number of halogens is 1. The third-order valence-electron chi connectivity index (χ3n) is 3.33. The topological polar surface area (TPSA) is 72.2 Å². The molecule has 8 heteroatoms. The highest BCUT2D eigenvalue weighted by atomic mass is 35.5. The van der Waals surface area contributed by atoms with Crippen LogP contribution in [0.1, 0.15) is 10.5 Å². The lowest BCUT2D eigenvalue weighted by atomic mass is 10.3. The molecule has 0 bridgehead atoms. The van der Waals surface area contributed by atoms with Gasteiger partial charge >= 0.3 is 0 Å². The lowest BCUT2D eigenvalue weighted by Gasteiger charge is -2.02. The fraction of sp³-hybridized carbons (Fsp3) is 0. The van der Waals surface area contributed by atoms with E-state index in [0.717, 1.165) is 10.6 Å². The number of thiophene rings is 1. The molecule has 6 nitrogen and oxygen atoms in total. The Kier molecular flexibility index (Phi) is 3.72. The first-order chi connectivity index (χ1) is 11.7. The standard InChI is InChI=1S/C16H10ClN5OS/c17-10-3-4-14(19-9-10)20-16(23)11-8-15-18-6-5-12(22(15)21-11)13-2-1-7-24-13/h1-9H,(H,19,20,23). The normalized spacial score (nSPS) is 10.9. The molecule has 0 atom stereocenters. The molecule has 4 rings (SSSR count). The number of pyridine rings is 1. The van der Waals surface area contributed by atoms with E-state index in [1.807, 2.05) is 23.6 Å². The highest BCUT2D eigenvalue weighted by Gasteiger charge is 2.15. The van der Waals surface area contributed by atoms with Crippen molar-refractivity contribution in [3.05, 3.63) is 64.9 Å². The Morgan fingerprint density at radius 1 is 1.21 bits per heavy atom. The van der Waals surface area contributed by atoms with Crippen molar-refractivity contribution in [1.82, 2.24) is 19.6 Å². The minimum atomic E-state index is -0.354. The molecule has 0 unspecified atom stereocenters. The Morgan fingerprint density at radius 3 is 2.88 bits per heavy atom. The van der Waals surface area contributed by atoms with Gasteiger partial charge in [-0.25, -0.2) is 14.5 Å². The number of carbonyl (C=O) groups excluding carboxylic acids is 1. The molecule has 0 aromatic carbocycles. The Labute approximate surface area is 145 Å². The van der Waals surface area contributed by atoms with Gasteiger partial charge in [0, 0.05) is 18.5 Å². The summed E-state index contributed by atoms with van der Waals surface area (Å²) in [5.74, 6) is 0.0559. The van der Waals surface area contributed by atoms with Crippen LogP contribution >= 0.6 is 22.9 Å². The molecule has 0 spiro atoms. The summed E-state index contributed by atoms with van der Waals surface area (Å²) in [6.45, 7) is 0. The summed E-state index contributed by atoms with van der Waals surface area (Å²) in [5.41, 5.74) is 1.76. The minimum Gasteiger partial charge on any atom is -0.305 e. The van der Waals surface area contributed by atoms with E-state index in [1.54, 1.807) is 40.2 Å². The smallest absolute Gasteiger partial charge is 0.277 e. The van der Waals surface area contributed by atoms with Crippen LogP contribution in [0.25, 0.3) is 16.2 Å². The van der Waals surface area contributed by atoms with Gasteiger partial charge in [0.1, 0.15) is 5.82 Å². The van der Waals surface area contributed by atoms with Gasteiger partial charge in [-0.1, -0.05) is 17.7 Å². The Morgan fingerprint density at radius 2 is 2.12 bits per heavy atom. The van der Waals surface area contributed by atoms with E-state index in [9.17, 15) is 4.79 Å². The zero-order valence-electron chi connectivity index (χ0n) is 12.2. The van der Waals surface area contributed by atoms with Crippen molar-refractivity contribution in [1.29, 1.82) is 0 Å². The molecule has 0 radical (unpaired) electrons. The van der Waals surface area contributed by atoms with Crippen LogP contribution in [0, 0.1) is 0 Å². The number of nitrogens with one attached hydrogen (secondary N) is 1. The molecule has 1 amide bonds. The molecule has 4 aromatic rings. The van der Waals surface area contributed by atoms with E-state index in [1.165, 1.54) is 6.20 Å². The van der Waals surface area contributed by atoms with E-state index < -0.39 is 0 Å². The van der Waals surface area contributed by atoms with Gasteiger partial charge in [0.15, 0.2) is 11.3 Å². The molecule has 4 heterocycles. The Bertz CT molecular complexity index is 1010. The summed E-state index contributed by atoms with van der Waals surface area (Å²) < 4.78 is 1.66. The molecule has 0 aliphatic rings. The SMILES string of the molecule is O=C(Nc1ccc(Cl)cn1)c1cc2nccc(-c3cccs3)n2n1. The summed E-state index contributed by atoms with van der Waals surface area (Å²) >= 11 is 7.39. The number of carbonyl (C=O) groups is 1. The van der Waals surface area contributed by atoms with Crippen molar-refractivity contribution in [2.75, 3.05) is 5.32 Å². The molecule has 0 saturated heterocycles. The van der Waals surface area contributed by atoms with Crippen LogP contribution in [0.5, 0.6) is 0 Å². The highest BCUT2D eigenvalue weighted by Crippen LogP contribution is 2.24. The number of amides is 1. The molecule has 0 aliphatic heterocycles. The fourth-order valence-electron chi connectivity index (χ4n) is 2.25. The van der Waals surface area contributed by atoms with E-state index >= 15 is 0 Å². The van der Waals surface area contributed by atoms with E-state index in [4.69, 9.17) is 11.6 Å². The summed E-state index contributed by atoms with van der Waals surface area (Å²) in [7, 11) is 0. The monoisotopic (exact) mass is 355 g/mol. The van der Waals surface area contributed by atoms with E-state index in [0.29, 0.717) is 16.5 Å². The van der Waals surface area contributed by atoms with Crippen LogP contribution in [-0.2, 0) is 0 Å². The molecule has 24 heavy (non-hydrogen) atoms. The zero-order chi connectivity index (χ0) is 16.5. The quantitative estimate of drug-likeness (QED) is 0.607. The van der Waals surface area contributed by atoms with Gasteiger partial charge in [0.25, 0.3) is 5.91 Å². The number of fused-ring (bicyclic) bond motifs is 1. The number of hydrogen-bond donors (Lipinski definition) is 1. The first-order valence-electron chi connectivity index (χ1n) is 7.02. The molecular formula is C16H10ClN5OS. The second kappa shape index (κ2) is 6.03. The second-order valence-electron chi connectivity index (χ2n) is 4.92. The van der Waals surface area contributed by atoms with Crippen molar-refractivity contribution in [2.45, 2.75) is 0 Å². The zero-order valence-corrected chi connectivity index (χ0v) is 13.8. The molecule has 1 N–H and O–H groups in total. The van der Waals surface area contributed by atoms with Crippen LogP contribution in [-0.4, -0.2) is 25.5 Å². The van der Waals surface area contributed by atoms with Gasteiger partial charge in [-0.05, 0) is 29.6 Å². The van der Waals surface area contributed by atoms with Gasteiger partial charge in [-0.15, -0.1) is 11.3 Å². The van der Waals surface area contributed by atoms with Crippen LogP contribution in [0.4, 0.5) is 5.82 Å². The Balaban J connectivity index is 1.69.